The van der Waals surface area contributed by atoms with Crippen LogP contribution in [0.2, 0.25) is 0 Å². The minimum absolute atomic E-state index is 0.0328. The molecule has 1 fully saturated rings. The molecule has 0 bridgehead atoms. The zero-order valence-electron chi connectivity index (χ0n) is 8.63. The summed E-state index contributed by atoms with van der Waals surface area (Å²) in [4.78, 5) is 32.6. The van der Waals surface area contributed by atoms with E-state index in [1.807, 2.05) is 0 Å². The van der Waals surface area contributed by atoms with E-state index < -0.39 is 0 Å². The van der Waals surface area contributed by atoms with E-state index in [4.69, 9.17) is 0 Å². The molecular weight excluding hydrogens is 198 g/mol. The van der Waals surface area contributed by atoms with Crippen LogP contribution in [0.4, 0.5) is 0 Å². The monoisotopic (exact) mass is 213 g/mol. The summed E-state index contributed by atoms with van der Waals surface area (Å²) in [7, 11) is 0. The lowest BCUT2D eigenvalue weighted by atomic mass is 10.5. The molecule has 3 N–H and O–H groups in total. The van der Waals surface area contributed by atoms with Gasteiger partial charge in [-0.3, -0.25) is 14.4 Å². The lowest BCUT2D eigenvalue weighted by molar-refractivity contribution is -0.127. The van der Waals surface area contributed by atoms with Crippen LogP contribution in [-0.4, -0.2) is 36.9 Å². The maximum absolute atomic E-state index is 11.1. The first-order valence-electron chi connectivity index (χ1n) is 4.88. The van der Waals surface area contributed by atoms with Gasteiger partial charge in [0.25, 0.3) is 0 Å². The molecule has 0 saturated heterocycles. The zero-order chi connectivity index (χ0) is 11.3. The fraction of sp³-hybridized carbons (Fsp3) is 0.667. The number of rotatable bonds is 5. The topological polar surface area (TPSA) is 87.3 Å². The summed E-state index contributed by atoms with van der Waals surface area (Å²) in [6, 6.07) is 0.296. The molecule has 0 aromatic heterocycles. The number of hydrogen-bond acceptors (Lipinski definition) is 3. The van der Waals surface area contributed by atoms with Crippen molar-refractivity contribution in [2.45, 2.75) is 25.8 Å². The summed E-state index contributed by atoms with van der Waals surface area (Å²) in [5.41, 5.74) is 0. The van der Waals surface area contributed by atoms with E-state index in [1.54, 1.807) is 0 Å². The summed E-state index contributed by atoms with van der Waals surface area (Å²) >= 11 is 0. The van der Waals surface area contributed by atoms with Crippen LogP contribution < -0.4 is 16.0 Å². The van der Waals surface area contributed by atoms with Crippen molar-refractivity contribution in [1.29, 1.82) is 0 Å². The van der Waals surface area contributed by atoms with Crippen molar-refractivity contribution in [3.8, 4) is 0 Å². The highest BCUT2D eigenvalue weighted by atomic mass is 16.2. The molecule has 1 aliphatic carbocycles. The lowest BCUT2D eigenvalue weighted by Gasteiger charge is -2.05. The molecule has 0 radical (unpaired) electrons. The van der Waals surface area contributed by atoms with Crippen LogP contribution in [0.25, 0.3) is 0 Å². The van der Waals surface area contributed by atoms with Crippen molar-refractivity contribution in [1.82, 2.24) is 16.0 Å². The van der Waals surface area contributed by atoms with Crippen LogP contribution in [0, 0.1) is 0 Å². The Hall–Kier alpha value is -1.59. The minimum atomic E-state index is -0.365. The van der Waals surface area contributed by atoms with Gasteiger partial charge in [0.15, 0.2) is 0 Å². The fourth-order valence-electron chi connectivity index (χ4n) is 0.952. The predicted molar refractivity (Wildman–Crippen MR) is 52.9 cm³/mol. The van der Waals surface area contributed by atoms with E-state index >= 15 is 0 Å². The van der Waals surface area contributed by atoms with Crippen LogP contribution in [0.1, 0.15) is 19.8 Å². The van der Waals surface area contributed by atoms with E-state index in [0.717, 1.165) is 12.8 Å². The molecule has 0 heterocycles. The Labute approximate surface area is 87.8 Å². The highest BCUT2D eigenvalue weighted by molar-refractivity contribution is 5.87. The van der Waals surface area contributed by atoms with E-state index in [9.17, 15) is 14.4 Å². The summed E-state index contributed by atoms with van der Waals surface area (Å²) in [6.07, 6.45) is 2.04. The Balaban J connectivity index is 2.04. The third kappa shape index (κ3) is 5.66. The number of nitrogens with one attached hydrogen (secondary N) is 3. The average molecular weight is 213 g/mol. The Morgan fingerprint density at radius 3 is 2.20 bits per heavy atom. The maximum Gasteiger partial charge on any atom is 0.239 e. The van der Waals surface area contributed by atoms with Gasteiger partial charge < -0.3 is 16.0 Å². The molecule has 1 aliphatic rings. The number of amides is 3. The first kappa shape index (κ1) is 11.5. The number of carbonyl (C=O) groups excluding carboxylic acids is 3. The molecule has 15 heavy (non-hydrogen) atoms. The predicted octanol–water partition coefficient (Wildman–Crippen LogP) is -1.48. The quantitative estimate of drug-likeness (QED) is 0.520. The second kappa shape index (κ2) is 5.33. The van der Waals surface area contributed by atoms with Crippen LogP contribution in [-0.2, 0) is 14.4 Å². The smallest absolute Gasteiger partial charge is 0.239 e. The van der Waals surface area contributed by atoms with Crippen molar-refractivity contribution >= 4 is 17.7 Å². The van der Waals surface area contributed by atoms with Gasteiger partial charge in [0.1, 0.15) is 0 Å². The van der Waals surface area contributed by atoms with Crippen molar-refractivity contribution in [2.75, 3.05) is 13.1 Å². The molecule has 0 unspecified atom stereocenters. The zero-order valence-corrected chi connectivity index (χ0v) is 8.63. The highest BCUT2D eigenvalue weighted by Crippen LogP contribution is 2.17. The van der Waals surface area contributed by atoms with Gasteiger partial charge in [-0.1, -0.05) is 0 Å². The van der Waals surface area contributed by atoms with Crippen LogP contribution in [0.15, 0.2) is 0 Å². The molecule has 0 spiro atoms. The molecule has 3 amide bonds. The van der Waals surface area contributed by atoms with Gasteiger partial charge in [0.05, 0.1) is 13.1 Å². The Kier molecular flexibility index (Phi) is 4.08. The van der Waals surface area contributed by atoms with Crippen molar-refractivity contribution in [2.24, 2.45) is 0 Å². The Morgan fingerprint density at radius 2 is 1.67 bits per heavy atom. The van der Waals surface area contributed by atoms with Crippen LogP contribution in [0.3, 0.4) is 0 Å². The van der Waals surface area contributed by atoms with Gasteiger partial charge in [-0.2, -0.15) is 0 Å². The van der Waals surface area contributed by atoms with Gasteiger partial charge in [-0.15, -0.1) is 0 Å². The molecule has 84 valence electrons. The maximum atomic E-state index is 11.1. The lowest BCUT2D eigenvalue weighted by Crippen LogP contribution is -2.42. The second-order valence-corrected chi connectivity index (χ2v) is 3.53. The SMILES string of the molecule is CC(=O)NCC(=O)NCC(=O)NC1CC1. The summed E-state index contributed by atoms with van der Waals surface area (Å²) in [6.45, 7) is 1.20. The summed E-state index contributed by atoms with van der Waals surface area (Å²) < 4.78 is 0. The summed E-state index contributed by atoms with van der Waals surface area (Å²) in [5.74, 6) is -0.822. The molecule has 6 nitrogen and oxygen atoms in total. The average Bonchev–Trinajstić information content (AvgIpc) is 2.95. The van der Waals surface area contributed by atoms with Gasteiger partial charge in [0.2, 0.25) is 17.7 Å². The van der Waals surface area contributed by atoms with E-state index in [1.165, 1.54) is 6.92 Å². The first-order chi connectivity index (χ1) is 7.08. The van der Waals surface area contributed by atoms with Crippen LogP contribution in [0.5, 0.6) is 0 Å². The van der Waals surface area contributed by atoms with E-state index in [0.29, 0.717) is 6.04 Å². The molecule has 0 aromatic rings. The second-order valence-electron chi connectivity index (χ2n) is 3.53. The molecule has 0 atom stereocenters. The molecule has 0 aliphatic heterocycles. The molecule has 0 aromatic carbocycles. The van der Waals surface area contributed by atoms with Crippen LogP contribution >= 0.6 is 0 Å². The Bertz CT molecular complexity index is 274. The van der Waals surface area contributed by atoms with Crippen molar-refractivity contribution < 1.29 is 14.4 Å². The van der Waals surface area contributed by atoms with E-state index in [-0.39, 0.29) is 30.8 Å². The largest absolute Gasteiger partial charge is 0.352 e. The van der Waals surface area contributed by atoms with Gasteiger partial charge >= 0.3 is 0 Å². The minimum Gasteiger partial charge on any atom is -0.352 e. The fourth-order valence-corrected chi connectivity index (χ4v) is 0.952. The van der Waals surface area contributed by atoms with Gasteiger partial charge in [0, 0.05) is 13.0 Å². The van der Waals surface area contributed by atoms with Crippen molar-refractivity contribution in [3.05, 3.63) is 0 Å². The third-order valence-electron chi connectivity index (χ3n) is 1.89. The highest BCUT2D eigenvalue weighted by Gasteiger charge is 2.22. The number of carbonyl (C=O) groups is 3. The molecule has 1 saturated carbocycles. The molecular formula is C9H15N3O3. The molecule has 6 heteroatoms. The van der Waals surface area contributed by atoms with Crippen molar-refractivity contribution in [3.63, 3.8) is 0 Å². The first-order valence-corrected chi connectivity index (χ1v) is 4.88. The third-order valence-corrected chi connectivity index (χ3v) is 1.89. The summed E-state index contributed by atoms with van der Waals surface area (Å²) in [5, 5.41) is 7.48. The normalized spacial score (nSPS) is 14.2. The van der Waals surface area contributed by atoms with Gasteiger partial charge in [-0.05, 0) is 12.8 Å². The number of hydrogen-bond donors (Lipinski definition) is 3. The van der Waals surface area contributed by atoms with E-state index in [2.05, 4.69) is 16.0 Å². The standard InChI is InChI=1S/C9H15N3O3/c1-6(13)10-4-8(14)11-5-9(15)12-7-2-3-7/h7H,2-5H2,1H3,(H,10,13)(H,11,14)(H,12,15). The van der Waals surface area contributed by atoms with Gasteiger partial charge in [-0.25, -0.2) is 0 Å². The Morgan fingerprint density at radius 1 is 1.07 bits per heavy atom. The molecule has 1 rings (SSSR count).